The van der Waals surface area contributed by atoms with Crippen LogP contribution in [0.4, 0.5) is 10.9 Å². The van der Waals surface area contributed by atoms with Gasteiger partial charge in [-0.15, -0.1) is 11.3 Å². The number of nitrogens with one attached hydrogen (secondary N) is 1. The number of morpholine rings is 1. The van der Waals surface area contributed by atoms with Gasteiger partial charge in [-0.1, -0.05) is 6.07 Å². The number of hydrogen-bond donors (Lipinski definition) is 1. The fourth-order valence-corrected chi connectivity index (χ4v) is 4.35. The lowest BCUT2D eigenvalue weighted by Crippen LogP contribution is -2.46. The number of likely N-dealkylation sites (tertiary alicyclic amines) is 1. The Morgan fingerprint density at radius 1 is 1.29 bits per heavy atom. The van der Waals surface area contributed by atoms with E-state index in [4.69, 9.17) is 9.72 Å². The van der Waals surface area contributed by atoms with Crippen molar-refractivity contribution >= 4 is 28.2 Å². The van der Waals surface area contributed by atoms with Crippen LogP contribution in [0.3, 0.4) is 0 Å². The Morgan fingerprint density at radius 3 is 2.93 bits per heavy atom. The van der Waals surface area contributed by atoms with Crippen molar-refractivity contribution in [1.82, 2.24) is 19.8 Å². The normalized spacial score (nSPS) is 20.9. The van der Waals surface area contributed by atoms with E-state index in [0.717, 1.165) is 54.0 Å². The maximum Gasteiger partial charge on any atom is 0.236 e. The zero-order valence-corrected chi connectivity index (χ0v) is 17.1. The van der Waals surface area contributed by atoms with Gasteiger partial charge in [0.05, 0.1) is 18.8 Å². The van der Waals surface area contributed by atoms with E-state index in [0.29, 0.717) is 19.7 Å². The SMILES string of the molecule is Cc1cnc(Nc2cccc(C3CN(CC(=O)N4CCCCC4)CCO3)n2)s1. The van der Waals surface area contributed by atoms with Crippen LogP contribution >= 0.6 is 11.3 Å². The maximum atomic E-state index is 12.6. The highest BCUT2D eigenvalue weighted by Crippen LogP contribution is 2.25. The lowest BCUT2D eigenvalue weighted by atomic mass is 10.1. The molecule has 2 aliphatic rings. The van der Waals surface area contributed by atoms with Gasteiger partial charge in [0, 0.05) is 37.3 Å². The van der Waals surface area contributed by atoms with Crippen LogP contribution in [0.2, 0.25) is 0 Å². The molecule has 2 saturated heterocycles. The minimum Gasteiger partial charge on any atom is -0.369 e. The van der Waals surface area contributed by atoms with Crippen LogP contribution in [0.1, 0.15) is 35.9 Å². The molecule has 150 valence electrons. The molecule has 2 aromatic rings. The molecule has 0 aromatic carbocycles. The summed E-state index contributed by atoms with van der Waals surface area (Å²) >= 11 is 1.60. The smallest absolute Gasteiger partial charge is 0.236 e. The molecule has 0 radical (unpaired) electrons. The second kappa shape index (κ2) is 8.98. The minimum atomic E-state index is -0.123. The third-order valence-corrected chi connectivity index (χ3v) is 6.00. The predicted octanol–water partition coefficient (Wildman–Crippen LogP) is 2.98. The van der Waals surface area contributed by atoms with Crippen molar-refractivity contribution in [1.29, 1.82) is 0 Å². The maximum absolute atomic E-state index is 12.6. The summed E-state index contributed by atoms with van der Waals surface area (Å²) in [6, 6.07) is 5.89. The van der Waals surface area contributed by atoms with Gasteiger partial charge in [0.2, 0.25) is 5.91 Å². The molecule has 28 heavy (non-hydrogen) atoms. The summed E-state index contributed by atoms with van der Waals surface area (Å²) in [5.74, 6) is 1.000. The van der Waals surface area contributed by atoms with E-state index >= 15 is 0 Å². The first-order valence-electron chi connectivity index (χ1n) is 9.95. The first-order chi connectivity index (χ1) is 13.7. The minimum absolute atomic E-state index is 0.123. The van der Waals surface area contributed by atoms with Crippen molar-refractivity contribution in [2.24, 2.45) is 0 Å². The van der Waals surface area contributed by atoms with Crippen LogP contribution < -0.4 is 5.32 Å². The Hall–Kier alpha value is -2.03. The van der Waals surface area contributed by atoms with Gasteiger partial charge >= 0.3 is 0 Å². The number of thiazole rings is 1. The molecule has 1 amide bonds. The number of carbonyl (C=O) groups is 1. The number of nitrogens with zero attached hydrogens (tertiary/aromatic N) is 4. The quantitative estimate of drug-likeness (QED) is 0.831. The van der Waals surface area contributed by atoms with Crippen LogP contribution in [0.15, 0.2) is 24.4 Å². The Balaban J connectivity index is 1.37. The van der Waals surface area contributed by atoms with Gasteiger partial charge in [-0.2, -0.15) is 0 Å². The van der Waals surface area contributed by atoms with E-state index in [9.17, 15) is 4.79 Å². The van der Waals surface area contributed by atoms with Gasteiger partial charge in [0.1, 0.15) is 11.9 Å². The number of anilines is 2. The number of aromatic nitrogens is 2. The third-order valence-electron chi connectivity index (χ3n) is 5.17. The number of carbonyl (C=O) groups excluding carboxylic acids is 1. The highest BCUT2D eigenvalue weighted by Gasteiger charge is 2.26. The molecule has 7 nitrogen and oxygen atoms in total. The van der Waals surface area contributed by atoms with Crippen molar-refractivity contribution < 1.29 is 9.53 Å². The van der Waals surface area contributed by atoms with Crippen molar-refractivity contribution in [3.63, 3.8) is 0 Å². The van der Waals surface area contributed by atoms with Gasteiger partial charge in [-0.05, 0) is 38.3 Å². The van der Waals surface area contributed by atoms with E-state index < -0.39 is 0 Å². The van der Waals surface area contributed by atoms with E-state index in [1.54, 1.807) is 11.3 Å². The first kappa shape index (κ1) is 19.3. The van der Waals surface area contributed by atoms with Crippen molar-refractivity contribution in [2.75, 3.05) is 44.6 Å². The molecule has 4 rings (SSSR count). The van der Waals surface area contributed by atoms with Gasteiger partial charge < -0.3 is 15.0 Å². The Bertz CT molecular complexity index is 805. The monoisotopic (exact) mass is 401 g/mol. The molecule has 1 atom stereocenters. The standard InChI is InChI=1S/C20H27N5O2S/c1-15-12-21-20(28-15)23-18-7-5-6-16(22-18)17-13-24(10-11-27-17)14-19(26)25-8-3-2-4-9-25/h5-7,12,17H,2-4,8-11,13-14H2,1H3,(H,21,22,23). The summed E-state index contributed by atoms with van der Waals surface area (Å²) in [5, 5.41) is 4.09. The number of hydrogen-bond acceptors (Lipinski definition) is 7. The average molecular weight is 402 g/mol. The third kappa shape index (κ3) is 4.87. The van der Waals surface area contributed by atoms with E-state index in [1.165, 1.54) is 6.42 Å². The van der Waals surface area contributed by atoms with Crippen molar-refractivity contribution in [3.8, 4) is 0 Å². The number of ether oxygens (including phenoxy) is 1. The van der Waals surface area contributed by atoms with E-state index in [2.05, 4.69) is 15.2 Å². The van der Waals surface area contributed by atoms with Gasteiger partial charge in [0.25, 0.3) is 0 Å². The Kier molecular flexibility index (Phi) is 6.19. The molecule has 1 N–H and O–H groups in total. The fraction of sp³-hybridized carbons (Fsp3) is 0.550. The lowest BCUT2D eigenvalue weighted by Gasteiger charge is -2.34. The molecule has 2 aromatic heterocycles. The van der Waals surface area contributed by atoms with Crippen molar-refractivity contribution in [3.05, 3.63) is 35.0 Å². The molecule has 4 heterocycles. The zero-order chi connectivity index (χ0) is 19.3. The van der Waals surface area contributed by atoms with E-state index in [1.807, 2.05) is 36.2 Å². The summed E-state index contributed by atoms with van der Waals surface area (Å²) in [7, 11) is 0. The summed E-state index contributed by atoms with van der Waals surface area (Å²) < 4.78 is 5.96. The molecule has 0 bridgehead atoms. The Labute approximate surface area is 169 Å². The van der Waals surface area contributed by atoms with Crippen LogP contribution in [0.5, 0.6) is 0 Å². The topological polar surface area (TPSA) is 70.6 Å². The molecule has 0 spiro atoms. The summed E-state index contributed by atoms with van der Waals surface area (Å²) in [6.45, 7) is 6.39. The largest absolute Gasteiger partial charge is 0.369 e. The Morgan fingerprint density at radius 2 is 2.14 bits per heavy atom. The van der Waals surface area contributed by atoms with Crippen LogP contribution in [0, 0.1) is 6.92 Å². The molecular weight excluding hydrogens is 374 g/mol. The average Bonchev–Trinajstić information content (AvgIpc) is 3.13. The number of amides is 1. The molecule has 2 aliphatic heterocycles. The van der Waals surface area contributed by atoms with Crippen LogP contribution in [0.25, 0.3) is 0 Å². The highest BCUT2D eigenvalue weighted by molar-refractivity contribution is 7.15. The van der Waals surface area contributed by atoms with E-state index in [-0.39, 0.29) is 12.0 Å². The number of pyridine rings is 1. The van der Waals surface area contributed by atoms with Crippen molar-refractivity contribution in [2.45, 2.75) is 32.3 Å². The van der Waals surface area contributed by atoms with Crippen LogP contribution in [-0.2, 0) is 9.53 Å². The second-order valence-electron chi connectivity index (χ2n) is 7.38. The highest BCUT2D eigenvalue weighted by atomic mass is 32.1. The number of rotatable bonds is 5. The first-order valence-corrected chi connectivity index (χ1v) is 10.8. The molecule has 8 heteroatoms. The summed E-state index contributed by atoms with van der Waals surface area (Å²) in [5.41, 5.74) is 0.883. The summed E-state index contributed by atoms with van der Waals surface area (Å²) in [4.78, 5) is 27.0. The lowest BCUT2D eigenvalue weighted by molar-refractivity contribution is -0.135. The van der Waals surface area contributed by atoms with Crippen LogP contribution in [-0.4, -0.2) is 65.0 Å². The van der Waals surface area contributed by atoms with Gasteiger partial charge in [-0.3, -0.25) is 9.69 Å². The number of piperidine rings is 1. The molecule has 0 aliphatic carbocycles. The molecular formula is C20H27N5O2S. The summed E-state index contributed by atoms with van der Waals surface area (Å²) in [6.07, 6.45) is 5.21. The molecule has 2 fully saturated rings. The predicted molar refractivity (Wildman–Crippen MR) is 110 cm³/mol. The second-order valence-corrected chi connectivity index (χ2v) is 8.62. The fourth-order valence-electron chi connectivity index (χ4n) is 3.68. The van der Waals surface area contributed by atoms with Gasteiger partial charge in [-0.25, -0.2) is 9.97 Å². The molecule has 1 unspecified atom stereocenters. The molecule has 0 saturated carbocycles. The number of aryl methyl sites for hydroxylation is 1. The van der Waals surface area contributed by atoms with Gasteiger partial charge in [0.15, 0.2) is 5.13 Å². The zero-order valence-electron chi connectivity index (χ0n) is 16.3.